The van der Waals surface area contributed by atoms with Gasteiger partial charge < -0.3 is 4.90 Å². The molecule has 96 valence electrons. The minimum Gasteiger partial charge on any atom is -0.344 e. The van der Waals surface area contributed by atoms with Crippen molar-refractivity contribution in [2.24, 2.45) is 0 Å². The third-order valence-corrected chi connectivity index (χ3v) is 3.57. The molecule has 4 nitrogen and oxygen atoms in total. The highest BCUT2D eigenvalue weighted by Gasteiger charge is 2.13. The van der Waals surface area contributed by atoms with Crippen molar-refractivity contribution in [1.29, 1.82) is 0 Å². The zero-order valence-electron chi connectivity index (χ0n) is 11.2. The van der Waals surface area contributed by atoms with Gasteiger partial charge in [0.15, 0.2) is 0 Å². The zero-order valence-corrected chi connectivity index (χ0v) is 12.0. The molecule has 1 aromatic carbocycles. The van der Waals surface area contributed by atoms with Crippen LogP contribution in [0.4, 0.5) is 5.13 Å². The fourth-order valence-corrected chi connectivity index (χ4v) is 2.15. The third kappa shape index (κ3) is 3.04. The van der Waals surface area contributed by atoms with Crippen LogP contribution in [-0.2, 0) is 12.0 Å². The Hall–Kier alpha value is -1.49. The minimum atomic E-state index is 0.202. The molecule has 0 aliphatic rings. The molecule has 0 bridgehead atoms. The Morgan fingerprint density at radius 1 is 1.17 bits per heavy atom. The molecule has 2 rings (SSSR count). The normalized spacial score (nSPS) is 11.6. The van der Waals surface area contributed by atoms with Gasteiger partial charge in [-0.05, 0) is 21.8 Å². The SMILES string of the molecule is CN(Cc1ccc(C(C)(C)C)cc1)c1nnns1. The highest BCUT2D eigenvalue weighted by molar-refractivity contribution is 7.09. The summed E-state index contributed by atoms with van der Waals surface area (Å²) in [4.78, 5) is 2.05. The fourth-order valence-electron chi connectivity index (χ4n) is 1.73. The molecular weight excluding hydrogens is 244 g/mol. The largest absolute Gasteiger partial charge is 0.344 e. The maximum Gasteiger partial charge on any atom is 0.227 e. The summed E-state index contributed by atoms with van der Waals surface area (Å²) in [6.07, 6.45) is 0. The molecule has 0 saturated carbocycles. The number of nitrogens with zero attached hydrogens (tertiary/aromatic N) is 4. The van der Waals surface area contributed by atoms with E-state index in [1.54, 1.807) is 0 Å². The van der Waals surface area contributed by atoms with Crippen molar-refractivity contribution in [3.8, 4) is 0 Å². The summed E-state index contributed by atoms with van der Waals surface area (Å²) in [5.41, 5.74) is 2.82. The van der Waals surface area contributed by atoms with Crippen LogP contribution in [0.1, 0.15) is 31.9 Å². The van der Waals surface area contributed by atoms with Gasteiger partial charge in [-0.15, -0.1) is 0 Å². The molecule has 0 radical (unpaired) electrons. The molecule has 0 N–H and O–H groups in total. The first-order chi connectivity index (χ1) is 8.47. The second-order valence-electron chi connectivity index (χ2n) is 5.45. The van der Waals surface area contributed by atoms with E-state index in [1.165, 1.54) is 22.7 Å². The van der Waals surface area contributed by atoms with Crippen molar-refractivity contribution in [2.45, 2.75) is 32.7 Å². The van der Waals surface area contributed by atoms with Crippen molar-refractivity contribution < 1.29 is 0 Å². The van der Waals surface area contributed by atoms with Crippen LogP contribution in [0.15, 0.2) is 24.3 Å². The lowest BCUT2D eigenvalue weighted by atomic mass is 9.87. The van der Waals surface area contributed by atoms with Crippen LogP contribution < -0.4 is 4.90 Å². The van der Waals surface area contributed by atoms with E-state index in [2.05, 4.69) is 64.7 Å². The quantitative estimate of drug-likeness (QED) is 0.853. The molecule has 0 fully saturated rings. The van der Waals surface area contributed by atoms with Gasteiger partial charge in [-0.2, -0.15) is 0 Å². The Labute approximate surface area is 112 Å². The Morgan fingerprint density at radius 3 is 2.33 bits per heavy atom. The fraction of sp³-hybridized carbons (Fsp3) is 0.462. The standard InChI is InChI=1S/C13H18N4S/c1-13(2,3)11-7-5-10(6-8-11)9-17(4)12-14-15-16-18-12/h5-8H,9H2,1-4H3. The van der Waals surface area contributed by atoms with Gasteiger partial charge in [0, 0.05) is 25.1 Å². The van der Waals surface area contributed by atoms with Crippen molar-refractivity contribution in [1.82, 2.24) is 14.8 Å². The van der Waals surface area contributed by atoms with Gasteiger partial charge in [0.25, 0.3) is 0 Å². The van der Waals surface area contributed by atoms with Crippen molar-refractivity contribution >= 4 is 16.7 Å². The average molecular weight is 262 g/mol. The van der Waals surface area contributed by atoms with Gasteiger partial charge >= 0.3 is 0 Å². The molecule has 0 aliphatic carbocycles. The van der Waals surface area contributed by atoms with E-state index in [9.17, 15) is 0 Å². The van der Waals surface area contributed by atoms with Crippen LogP contribution in [0.3, 0.4) is 0 Å². The third-order valence-electron chi connectivity index (χ3n) is 2.86. The Balaban J connectivity index is 2.07. The van der Waals surface area contributed by atoms with Gasteiger partial charge in [-0.25, -0.2) is 0 Å². The minimum absolute atomic E-state index is 0.202. The number of anilines is 1. The molecular formula is C13H18N4S. The van der Waals surface area contributed by atoms with E-state index < -0.39 is 0 Å². The second-order valence-corrected chi connectivity index (χ2v) is 6.16. The van der Waals surface area contributed by atoms with E-state index in [0.29, 0.717) is 0 Å². The van der Waals surface area contributed by atoms with Crippen LogP contribution in [0.2, 0.25) is 0 Å². The van der Waals surface area contributed by atoms with Gasteiger partial charge in [-0.1, -0.05) is 54.6 Å². The first kappa shape index (κ1) is 13.0. The van der Waals surface area contributed by atoms with Crippen LogP contribution in [-0.4, -0.2) is 21.8 Å². The summed E-state index contributed by atoms with van der Waals surface area (Å²) < 4.78 is 3.77. The molecule has 2 aromatic rings. The van der Waals surface area contributed by atoms with E-state index in [1.807, 2.05) is 7.05 Å². The summed E-state index contributed by atoms with van der Waals surface area (Å²) in [7, 11) is 2.00. The molecule has 18 heavy (non-hydrogen) atoms. The molecule has 5 heteroatoms. The van der Waals surface area contributed by atoms with E-state index in [-0.39, 0.29) is 5.41 Å². The van der Waals surface area contributed by atoms with Crippen LogP contribution in [0.25, 0.3) is 0 Å². The molecule has 0 spiro atoms. The van der Waals surface area contributed by atoms with Crippen LogP contribution >= 0.6 is 11.5 Å². The van der Waals surface area contributed by atoms with Crippen molar-refractivity contribution in [2.75, 3.05) is 11.9 Å². The second kappa shape index (κ2) is 5.02. The number of rotatable bonds is 3. The lowest BCUT2D eigenvalue weighted by molar-refractivity contribution is 0.590. The summed E-state index contributed by atoms with van der Waals surface area (Å²) >= 11 is 1.31. The van der Waals surface area contributed by atoms with Gasteiger partial charge in [0.05, 0.1) is 0 Å². The topological polar surface area (TPSA) is 41.9 Å². The smallest absolute Gasteiger partial charge is 0.227 e. The maximum absolute atomic E-state index is 3.95. The lowest BCUT2D eigenvalue weighted by Gasteiger charge is -2.20. The zero-order chi connectivity index (χ0) is 13.2. The highest BCUT2D eigenvalue weighted by Crippen LogP contribution is 2.23. The predicted octanol–water partition coefficient (Wildman–Crippen LogP) is 2.87. The summed E-state index contributed by atoms with van der Waals surface area (Å²) in [6, 6.07) is 8.74. The van der Waals surface area contributed by atoms with E-state index >= 15 is 0 Å². The predicted molar refractivity (Wildman–Crippen MR) is 75.0 cm³/mol. The van der Waals surface area contributed by atoms with E-state index in [4.69, 9.17) is 0 Å². The molecule has 0 atom stereocenters. The van der Waals surface area contributed by atoms with Crippen molar-refractivity contribution in [3.05, 3.63) is 35.4 Å². The number of benzene rings is 1. The Bertz CT molecular complexity index is 485. The molecule has 1 aromatic heterocycles. The molecule has 0 saturated heterocycles. The summed E-state index contributed by atoms with van der Waals surface area (Å²) in [5, 5.41) is 8.40. The first-order valence-electron chi connectivity index (χ1n) is 5.92. The van der Waals surface area contributed by atoms with Crippen molar-refractivity contribution in [3.63, 3.8) is 0 Å². The Kier molecular flexibility index (Phi) is 3.61. The average Bonchev–Trinajstić information content (AvgIpc) is 2.82. The Morgan fingerprint density at radius 2 is 1.83 bits per heavy atom. The van der Waals surface area contributed by atoms with Gasteiger partial charge in [0.2, 0.25) is 5.13 Å². The molecule has 0 amide bonds. The number of hydrogen-bond acceptors (Lipinski definition) is 5. The summed E-state index contributed by atoms with van der Waals surface area (Å²) in [5.74, 6) is 0. The molecule has 0 unspecified atom stereocenters. The summed E-state index contributed by atoms with van der Waals surface area (Å²) in [6.45, 7) is 7.49. The number of aromatic nitrogens is 3. The lowest BCUT2D eigenvalue weighted by Crippen LogP contribution is -2.16. The van der Waals surface area contributed by atoms with Crippen LogP contribution in [0.5, 0.6) is 0 Å². The van der Waals surface area contributed by atoms with E-state index in [0.717, 1.165) is 11.7 Å². The van der Waals surface area contributed by atoms with Gasteiger partial charge in [0.1, 0.15) is 0 Å². The highest BCUT2D eigenvalue weighted by atomic mass is 32.1. The molecule has 1 heterocycles. The maximum atomic E-state index is 3.95. The van der Waals surface area contributed by atoms with Gasteiger partial charge in [-0.3, -0.25) is 0 Å². The van der Waals surface area contributed by atoms with Crippen LogP contribution in [0, 0.1) is 0 Å². The number of hydrogen-bond donors (Lipinski definition) is 0. The first-order valence-corrected chi connectivity index (χ1v) is 6.70. The monoisotopic (exact) mass is 262 g/mol. The molecule has 0 aliphatic heterocycles.